The second kappa shape index (κ2) is 5.43. The maximum Gasteiger partial charge on any atom is 0.127 e. The molecule has 0 aliphatic heterocycles. The first-order chi connectivity index (χ1) is 8.92. The third-order valence-electron chi connectivity index (χ3n) is 2.71. The molecule has 0 saturated carbocycles. The first kappa shape index (κ1) is 13.6. The molecule has 2 heteroatoms. The van der Waals surface area contributed by atoms with Gasteiger partial charge in [-0.2, -0.15) is 0 Å². The number of halogens is 1. The van der Waals surface area contributed by atoms with Crippen LogP contribution in [0.4, 0.5) is 4.39 Å². The molecule has 0 unspecified atom stereocenters. The molecule has 0 amide bonds. The first-order valence-corrected chi connectivity index (χ1v) is 6.45. The molecule has 0 aliphatic carbocycles. The van der Waals surface area contributed by atoms with Crippen LogP contribution in [0, 0.1) is 11.2 Å². The van der Waals surface area contributed by atoms with E-state index < -0.39 is 0 Å². The summed E-state index contributed by atoms with van der Waals surface area (Å²) >= 11 is 0. The molecule has 1 nitrogen and oxygen atoms in total. The molecule has 2 rings (SSSR count). The van der Waals surface area contributed by atoms with Gasteiger partial charge in [-0.05, 0) is 53.8 Å². The van der Waals surface area contributed by atoms with Crippen molar-refractivity contribution in [1.29, 1.82) is 0 Å². The van der Waals surface area contributed by atoms with E-state index in [4.69, 9.17) is 4.74 Å². The van der Waals surface area contributed by atoms with Gasteiger partial charge in [-0.3, -0.25) is 0 Å². The van der Waals surface area contributed by atoms with Crippen LogP contribution in [0.15, 0.2) is 48.5 Å². The molecular weight excluding hydrogens is 239 g/mol. The second-order valence-electron chi connectivity index (χ2n) is 5.94. The van der Waals surface area contributed by atoms with E-state index in [-0.39, 0.29) is 11.2 Å². The number of hydrogen-bond donors (Lipinski definition) is 0. The molecule has 0 aromatic heterocycles. The van der Waals surface area contributed by atoms with E-state index in [2.05, 4.69) is 32.9 Å². The predicted octanol–water partition coefficient (Wildman–Crippen LogP) is 5.21. The van der Waals surface area contributed by atoms with Gasteiger partial charge in [0.25, 0.3) is 0 Å². The van der Waals surface area contributed by atoms with E-state index in [0.29, 0.717) is 5.75 Å². The SMILES string of the molecule is CC(C)(C)Cc1ccc(Oc2ccc(F)cc2)cc1. The fraction of sp³-hybridized carbons (Fsp3) is 0.294. The summed E-state index contributed by atoms with van der Waals surface area (Å²) in [4.78, 5) is 0. The van der Waals surface area contributed by atoms with Crippen LogP contribution in [0.3, 0.4) is 0 Å². The molecule has 0 saturated heterocycles. The van der Waals surface area contributed by atoms with Crippen LogP contribution in [0.25, 0.3) is 0 Å². The topological polar surface area (TPSA) is 9.23 Å². The van der Waals surface area contributed by atoms with Gasteiger partial charge in [-0.15, -0.1) is 0 Å². The largest absolute Gasteiger partial charge is 0.457 e. The molecule has 0 fully saturated rings. The summed E-state index contributed by atoms with van der Waals surface area (Å²) in [5, 5.41) is 0. The van der Waals surface area contributed by atoms with Gasteiger partial charge in [-0.1, -0.05) is 32.9 Å². The molecule has 0 bridgehead atoms. The van der Waals surface area contributed by atoms with Crippen molar-refractivity contribution in [2.45, 2.75) is 27.2 Å². The minimum absolute atomic E-state index is 0.257. The Kier molecular flexibility index (Phi) is 3.89. The smallest absolute Gasteiger partial charge is 0.127 e. The van der Waals surface area contributed by atoms with Crippen LogP contribution < -0.4 is 4.74 Å². The monoisotopic (exact) mass is 258 g/mol. The lowest BCUT2D eigenvalue weighted by Crippen LogP contribution is -2.08. The molecule has 0 atom stereocenters. The van der Waals surface area contributed by atoms with Crippen LogP contribution in [0.5, 0.6) is 11.5 Å². The van der Waals surface area contributed by atoms with Crippen molar-refractivity contribution < 1.29 is 9.13 Å². The fourth-order valence-corrected chi connectivity index (χ4v) is 1.93. The maximum atomic E-state index is 12.8. The maximum absolute atomic E-state index is 12.8. The van der Waals surface area contributed by atoms with E-state index in [0.717, 1.165) is 12.2 Å². The zero-order chi connectivity index (χ0) is 13.9. The summed E-state index contributed by atoms with van der Waals surface area (Å²) in [6.07, 6.45) is 1.03. The minimum Gasteiger partial charge on any atom is -0.457 e. The van der Waals surface area contributed by atoms with Crippen molar-refractivity contribution in [3.63, 3.8) is 0 Å². The Morgan fingerprint density at radius 1 is 0.842 bits per heavy atom. The zero-order valence-electron chi connectivity index (χ0n) is 11.6. The Bertz CT molecular complexity index is 521. The number of benzene rings is 2. The van der Waals surface area contributed by atoms with Gasteiger partial charge >= 0.3 is 0 Å². The average molecular weight is 258 g/mol. The summed E-state index contributed by atoms with van der Waals surface area (Å²) in [5.74, 6) is 1.15. The molecule has 0 radical (unpaired) electrons. The second-order valence-corrected chi connectivity index (χ2v) is 5.94. The van der Waals surface area contributed by atoms with E-state index in [9.17, 15) is 4.39 Å². The highest BCUT2D eigenvalue weighted by Gasteiger charge is 2.11. The van der Waals surface area contributed by atoms with Crippen LogP contribution in [-0.4, -0.2) is 0 Å². The van der Waals surface area contributed by atoms with E-state index in [1.807, 2.05) is 12.1 Å². The van der Waals surface area contributed by atoms with Gasteiger partial charge in [0, 0.05) is 0 Å². The normalized spacial score (nSPS) is 11.4. The number of ether oxygens (including phenoxy) is 1. The van der Waals surface area contributed by atoms with Crippen LogP contribution >= 0.6 is 0 Å². The van der Waals surface area contributed by atoms with Crippen LogP contribution in [0.2, 0.25) is 0 Å². The fourth-order valence-electron chi connectivity index (χ4n) is 1.93. The molecule has 0 spiro atoms. The molecule has 0 aliphatic rings. The van der Waals surface area contributed by atoms with Gasteiger partial charge in [0.1, 0.15) is 17.3 Å². The summed E-state index contributed by atoms with van der Waals surface area (Å²) in [6.45, 7) is 6.65. The Labute approximate surface area is 114 Å². The van der Waals surface area contributed by atoms with Crippen molar-refractivity contribution in [2.24, 2.45) is 5.41 Å². The van der Waals surface area contributed by atoms with Gasteiger partial charge in [0.05, 0.1) is 0 Å². The highest BCUT2D eigenvalue weighted by molar-refractivity contribution is 5.33. The summed E-state index contributed by atoms with van der Waals surface area (Å²) in [7, 11) is 0. The van der Waals surface area contributed by atoms with Gasteiger partial charge in [0.15, 0.2) is 0 Å². The lowest BCUT2D eigenvalue weighted by Gasteiger charge is -2.18. The third kappa shape index (κ3) is 4.40. The molecule has 0 heterocycles. The Morgan fingerprint density at radius 2 is 1.32 bits per heavy atom. The van der Waals surface area contributed by atoms with Crippen LogP contribution in [-0.2, 0) is 6.42 Å². The van der Waals surface area contributed by atoms with Gasteiger partial charge < -0.3 is 4.74 Å². The van der Waals surface area contributed by atoms with Crippen molar-refractivity contribution in [2.75, 3.05) is 0 Å². The Hall–Kier alpha value is -1.83. The highest BCUT2D eigenvalue weighted by Crippen LogP contribution is 2.25. The summed E-state index contributed by atoms with van der Waals surface area (Å²) in [6, 6.07) is 14.1. The molecule has 2 aromatic rings. The highest BCUT2D eigenvalue weighted by atomic mass is 19.1. The molecule has 100 valence electrons. The number of rotatable bonds is 3. The first-order valence-electron chi connectivity index (χ1n) is 6.45. The molecule has 2 aromatic carbocycles. The Morgan fingerprint density at radius 3 is 1.79 bits per heavy atom. The molecule has 19 heavy (non-hydrogen) atoms. The standard InChI is InChI=1S/C17H19FO/c1-17(2,3)12-13-4-8-15(9-5-13)19-16-10-6-14(18)7-11-16/h4-11H,12H2,1-3H3. The third-order valence-corrected chi connectivity index (χ3v) is 2.71. The van der Waals surface area contributed by atoms with Crippen molar-refractivity contribution in [3.8, 4) is 11.5 Å². The summed E-state index contributed by atoms with van der Waals surface area (Å²) < 4.78 is 18.4. The molecular formula is C17H19FO. The van der Waals surface area contributed by atoms with Gasteiger partial charge in [0.2, 0.25) is 0 Å². The Balaban J connectivity index is 2.04. The zero-order valence-corrected chi connectivity index (χ0v) is 11.6. The number of hydrogen-bond acceptors (Lipinski definition) is 1. The van der Waals surface area contributed by atoms with Crippen molar-refractivity contribution in [1.82, 2.24) is 0 Å². The lowest BCUT2D eigenvalue weighted by atomic mass is 9.88. The van der Waals surface area contributed by atoms with E-state index in [1.165, 1.54) is 17.7 Å². The van der Waals surface area contributed by atoms with Crippen molar-refractivity contribution >= 4 is 0 Å². The van der Waals surface area contributed by atoms with Gasteiger partial charge in [-0.25, -0.2) is 4.39 Å². The van der Waals surface area contributed by atoms with E-state index >= 15 is 0 Å². The lowest BCUT2D eigenvalue weighted by molar-refractivity contribution is 0.410. The molecule has 0 N–H and O–H groups in total. The van der Waals surface area contributed by atoms with E-state index in [1.54, 1.807) is 12.1 Å². The average Bonchev–Trinajstić information content (AvgIpc) is 2.33. The quantitative estimate of drug-likeness (QED) is 0.734. The van der Waals surface area contributed by atoms with Crippen LogP contribution in [0.1, 0.15) is 26.3 Å². The summed E-state index contributed by atoms with van der Waals surface area (Å²) in [5.41, 5.74) is 1.57. The predicted molar refractivity (Wildman–Crippen MR) is 76.1 cm³/mol. The van der Waals surface area contributed by atoms with Crippen molar-refractivity contribution in [3.05, 3.63) is 59.9 Å². The minimum atomic E-state index is -0.257.